The average Bonchev–Trinajstić information content (AvgIpc) is 2.44. The minimum absolute atomic E-state index is 0. The summed E-state index contributed by atoms with van der Waals surface area (Å²) in [6.45, 7) is 2.06. The summed E-state index contributed by atoms with van der Waals surface area (Å²) in [5.41, 5.74) is 0.158. The number of piperidine rings is 1. The van der Waals surface area contributed by atoms with Crippen LogP contribution in [0.5, 0.6) is 0 Å². The van der Waals surface area contributed by atoms with Crippen molar-refractivity contribution >= 4 is 12.4 Å². The summed E-state index contributed by atoms with van der Waals surface area (Å²) >= 11 is 0. The van der Waals surface area contributed by atoms with E-state index in [4.69, 9.17) is 0 Å². The van der Waals surface area contributed by atoms with Crippen LogP contribution in [0.4, 0.5) is 4.39 Å². The molecule has 1 nitrogen and oxygen atoms in total. The summed E-state index contributed by atoms with van der Waals surface area (Å²) in [6, 6.07) is 0. The summed E-state index contributed by atoms with van der Waals surface area (Å²) in [6.07, 6.45) is 2.51. The summed E-state index contributed by atoms with van der Waals surface area (Å²) in [4.78, 5) is 0. The van der Waals surface area contributed by atoms with Crippen molar-refractivity contribution in [3.8, 4) is 0 Å². The summed E-state index contributed by atoms with van der Waals surface area (Å²) in [5.74, 6) is 0. The second kappa shape index (κ2) is 2.67. The number of alkyl halides is 1. The van der Waals surface area contributed by atoms with E-state index in [0.717, 1.165) is 32.4 Å². The van der Waals surface area contributed by atoms with Crippen LogP contribution in [-0.4, -0.2) is 19.3 Å². The van der Waals surface area contributed by atoms with Gasteiger partial charge in [0.15, 0.2) is 0 Å². The second-order valence-electron chi connectivity index (χ2n) is 3.28. The highest BCUT2D eigenvalue weighted by Gasteiger charge is 2.54. The molecule has 0 amide bonds. The third kappa shape index (κ3) is 1.15. The molecule has 0 bridgehead atoms. The van der Waals surface area contributed by atoms with E-state index in [1.165, 1.54) is 0 Å². The first-order valence-electron chi connectivity index (χ1n) is 3.68. The smallest absolute Gasteiger partial charge is 0.107 e. The molecule has 0 aromatic carbocycles. The Hall–Kier alpha value is 0.180. The third-order valence-electron chi connectivity index (χ3n) is 2.69. The average molecular weight is 166 g/mol. The summed E-state index contributed by atoms with van der Waals surface area (Å²) in [5, 5.41) is 3.23. The van der Waals surface area contributed by atoms with Crippen LogP contribution in [0.2, 0.25) is 0 Å². The predicted molar refractivity (Wildman–Crippen MR) is 41.3 cm³/mol. The Morgan fingerprint density at radius 2 is 1.80 bits per heavy atom. The molecule has 1 aliphatic carbocycles. The van der Waals surface area contributed by atoms with Crippen LogP contribution in [0.25, 0.3) is 0 Å². The van der Waals surface area contributed by atoms with Crippen molar-refractivity contribution in [1.82, 2.24) is 5.32 Å². The first-order chi connectivity index (χ1) is 4.33. The van der Waals surface area contributed by atoms with Crippen LogP contribution in [0.15, 0.2) is 0 Å². The van der Waals surface area contributed by atoms with Gasteiger partial charge in [0.2, 0.25) is 0 Å². The van der Waals surface area contributed by atoms with E-state index in [9.17, 15) is 4.39 Å². The first-order valence-corrected chi connectivity index (χ1v) is 3.68. The molecule has 1 atom stereocenters. The zero-order valence-electron chi connectivity index (χ0n) is 5.90. The lowest BCUT2D eigenvalue weighted by Gasteiger charge is -2.21. The van der Waals surface area contributed by atoms with E-state index >= 15 is 0 Å². The van der Waals surface area contributed by atoms with E-state index in [1.807, 2.05) is 0 Å². The van der Waals surface area contributed by atoms with Crippen LogP contribution in [0.3, 0.4) is 0 Å². The Bertz CT molecular complexity index is 123. The lowest BCUT2D eigenvalue weighted by Crippen LogP contribution is -2.29. The van der Waals surface area contributed by atoms with Crippen LogP contribution in [0.1, 0.15) is 19.3 Å². The van der Waals surface area contributed by atoms with Gasteiger partial charge < -0.3 is 5.32 Å². The summed E-state index contributed by atoms with van der Waals surface area (Å²) in [7, 11) is 0. The topological polar surface area (TPSA) is 12.0 Å². The van der Waals surface area contributed by atoms with Crippen molar-refractivity contribution < 1.29 is 4.39 Å². The maximum atomic E-state index is 12.6. The lowest BCUT2D eigenvalue weighted by atomic mass is 9.95. The van der Waals surface area contributed by atoms with Crippen molar-refractivity contribution in [3.05, 3.63) is 0 Å². The number of halogens is 2. The fourth-order valence-corrected chi connectivity index (χ4v) is 1.74. The molecule has 0 aromatic rings. The Morgan fingerprint density at radius 1 is 1.30 bits per heavy atom. The molecule has 10 heavy (non-hydrogen) atoms. The molecule has 1 spiro atoms. The van der Waals surface area contributed by atoms with Gasteiger partial charge in [-0.3, -0.25) is 0 Å². The molecule has 1 unspecified atom stereocenters. The molecule has 1 heterocycles. The lowest BCUT2D eigenvalue weighted by molar-refractivity contribution is 0.282. The number of hydrogen-bond acceptors (Lipinski definition) is 1. The predicted octanol–water partition coefficient (Wildman–Crippen LogP) is 1.52. The van der Waals surface area contributed by atoms with Crippen molar-refractivity contribution in [2.75, 3.05) is 13.1 Å². The molecule has 0 radical (unpaired) electrons. The minimum atomic E-state index is -0.459. The van der Waals surface area contributed by atoms with E-state index in [1.54, 1.807) is 0 Å². The highest BCUT2D eigenvalue weighted by Crippen LogP contribution is 2.54. The number of rotatable bonds is 0. The second-order valence-corrected chi connectivity index (χ2v) is 3.28. The van der Waals surface area contributed by atoms with Crippen LogP contribution in [0, 0.1) is 5.41 Å². The molecule has 0 aromatic heterocycles. The molecule has 1 saturated carbocycles. The van der Waals surface area contributed by atoms with Gasteiger partial charge in [-0.05, 0) is 32.4 Å². The van der Waals surface area contributed by atoms with E-state index in [0.29, 0.717) is 0 Å². The zero-order chi connectivity index (χ0) is 6.32. The van der Waals surface area contributed by atoms with Crippen molar-refractivity contribution in [3.63, 3.8) is 0 Å². The monoisotopic (exact) mass is 165 g/mol. The molecule has 2 fully saturated rings. The molecule has 60 valence electrons. The zero-order valence-corrected chi connectivity index (χ0v) is 6.72. The molecular weight excluding hydrogens is 153 g/mol. The van der Waals surface area contributed by atoms with Crippen molar-refractivity contribution in [2.24, 2.45) is 5.41 Å². The van der Waals surface area contributed by atoms with Gasteiger partial charge in [-0.2, -0.15) is 0 Å². The Labute approximate surface area is 66.8 Å². The van der Waals surface area contributed by atoms with Crippen molar-refractivity contribution in [2.45, 2.75) is 25.4 Å². The van der Waals surface area contributed by atoms with E-state index in [2.05, 4.69) is 5.32 Å². The van der Waals surface area contributed by atoms with E-state index < -0.39 is 6.17 Å². The van der Waals surface area contributed by atoms with Crippen LogP contribution in [-0.2, 0) is 0 Å². The van der Waals surface area contributed by atoms with Gasteiger partial charge in [0.05, 0.1) is 0 Å². The van der Waals surface area contributed by atoms with Crippen LogP contribution >= 0.6 is 12.4 Å². The highest BCUT2D eigenvalue weighted by atomic mass is 35.5. The largest absolute Gasteiger partial charge is 0.317 e. The fraction of sp³-hybridized carbons (Fsp3) is 1.00. The molecular formula is C7H13ClFN. The highest BCUT2D eigenvalue weighted by molar-refractivity contribution is 5.85. The maximum absolute atomic E-state index is 12.6. The molecule has 2 rings (SSSR count). The molecule has 3 heteroatoms. The maximum Gasteiger partial charge on any atom is 0.107 e. The van der Waals surface area contributed by atoms with Gasteiger partial charge in [-0.15, -0.1) is 12.4 Å². The Kier molecular flexibility index (Phi) is 2.21. The van der Waals surface area contributed by atoms with Gasteiger partial charge in [0.1, 0.15) is 6.17 Å². The van der Waals surface area contributed by atoms with Gasteiger partial charge in [0.25, 0.3) is 0 Å². The van der Waals surface area contributed by atoms with Gasteiger partial charge >= 0.3 is 0 Å². The SMILES string of the molecule is Cl.FC1CC12CCNCC2. The van der Waals surface area contributed by atoms with Crippen molar-refractivity contribution in [1.29, 1.82) is 0 Å². The van der Waals surface area contributed by atoms with Gasteiger partial charge in [0, 0.05) is 5.41 Å². The van der Waals surface area contributed by atoms with Crippen LogP contribution < -0.4 is 5.32 Å². The van der Waals surface area contributed by atoms with E-state index in [-0.39, 0.29) is 17.8 Å². The Morgan fingerprint density at radius 3 is 2.10 bits per heavy atom. The molecule has 1 N–H and O–H groups in total. The Balaban J connectivity index is 0.000000500. The van der Waals surface area contributed by atoms with Gasteiger partial charge in [-0.1, -0.05) is 0 Å². The number of hydrogen-bond donors (Lipinski definition) is 1. The first kappa shape index (κ1) is 8.28. The fourth-order valence-electron chi connectivity index (χ4n) is 1.74. The quantitative estimate of drug-likeness (QED) is 0.574. The third-order valence-corrected chi connectivity index (χ3v) is 2.69. The molecule has 1 aliphatic heterocycles. The van der Waals surface area contributed by atoms with Gasteiger partial charge in [-0.25, -0.2) is 4.39 Å². The summed E-state index contributed by atoms with van der Waals surface area (Å²) < 4.78 is 12.6. The minimum Gasteiger partial charge on any atom is -0.317 e. The number of nitrogens with one attached hydrogen (secondary N) is 1. The standard InChI is InChI=1S/C7H12FN.ClH/c8-6-5-7(6)1-3-9-4-2-7;/h6,9H,1-5H2;1H. The normalized spacial score (nSPS) is 35.1. The molecule has 2 aliphatic rings. The molecule has 1 saturated heterocycles.